The maximum Gasteiger partial charge on any atom is 0.255 e. The standard InChI is InChI=1S/C15H21N3O4S.ClH/c1-21-12-3-2-10(6-13(12)22-8-14(16)19)18-15(20)7-11-9-23-5-4-17-11;/h2-3,6,11,17H,4-5,7-9H2,1H3,(H2,16,19)(H,18,20);1H. The van der Waals surface area contributed by atoms with Gasteiger partial charge in [0.25, 0.3) is 5.91 Å². The number of ether oxygens (including phenoxy) is 2. The first kappa shape index (κ1) is 20.4. The first-order chi connectivity index (χ1) is 11.1. The van der Waals surface area contributed by atoms with Crippen molar-refractivity contribution in [3.05, 3.63) is 18.2 Å². The lowest BCUT2D eigenvalue weighted by Gasteiger charge is -2.22. The van der Waals surface area contributed by atoms with Gasteiger partial charge in [0.15, 0.2) is 18.1 Å². The average Bonchev–Trinajstić information content (AvgIpc) is 2.54. The molecule has 0 saturated carbocycles. The SMILES string of the molecule is COc1ccc(NC(=O)CC2CSCCN2)cc1OCC(N)=O.Cl. The second-order valence-electron chi connectivity index (χ2n) is 5.10. The van der Waals surface area contributed by atoms with Crippen molar-refractivity contribution in [3.8, 4) is 11.5 Å². The number of rotatable bonds is 7. The van der Waals surface area contributed by atoms with E-state index in [0.717, 1.165) is 18.1 Å². The summed E-state index contributed by atoms with van der Waals surface area (Å²) in [5.41, 5.74) is 5.65. The van der Waals surface area contributed by atoms with Crippen molar-refractivity contribution >= 4 is 41.7 Å². The Morgan fingerprint density at radius 1 is 1.42 bits per heavy atom. The first-order valence-electron chi connectivity index (χ1n) is 7.28. The molecule has 0 aromatic heterocycles. The van der Waals surface area contributed by atoms with Gasteiger partial charge in [0.2, 0.25) is 5.91 Å². The third-order valence-corrected chi connectivity index (χ3v) is 4.38. The molecule has 0 bridgehead atoms. The van der Waals surface area contributed by atoms with Gasteiger partial charge in [0.1, 0.15) is 0 Å². The van der Waals surface area contributed by atoms with Gasteiger partial charge in [-0.2, -0.15) is 11.8 Å². The maximum absolute atomic E-state index is 12.1. The second kappa shape index (κ2) is 10.3. The topological polar surface area (TPSA) is 103 Å². The fourth-order valence-corrected chi connectivity index (χ4v) is 3.15. The van der Waals surface area contributed by atoms with Crippen molar-refractivity contribution in [2.45, 2.75) is 12.5 Å². The summed E-state index contributed by atoms with van der Waals surface area (Å²) in [5.74, 6) is 2.18. The number of anilines is 1. The molecule has 24 heavy (non-hydrogen) atoms. The van der Waals surface area contributed by atoms with Crippen LogP contribution in [-0.2, 0) is 9.59 Å². The molecule has 1 aliphatic heterocycles. The second-order valence-corrected chi connectivity index (χ2v) is 6.25. The summed E-state index contributed by atoms with van der Waals surface area (Å²) < 4.78 is 10.5. The van der Waals surface area contributed by atoms with Gasteiger partial charge in [0, 0.05) is 42.3 Å². The molecule has 134 valence electrons. The Balaban J connectivity index is 0.00000288. The van der Waals surface area contributed by atoms with Crippen LogP contribution in [-0.4, -0.2) is 49.6 Å². The third-order valence-electron chi connectivity index (χ3n) is 3.25. The Hall–Kier alpha value is -1.64. The zero-order valence-corrected chi connectivity index (χ0v) is 15.0. The van der Waals surface area contributed by atoms with Crippen LogP contribution in [0.25, 0.3) is 0 Å². The number of nitrogens with two attached hydrogens (primary N) is 1. The molecule has 0 spiro atoms. The van der Waals surface area contributed by atoms with Gasteiger partial charge in [-0.25, -0.2) is 0 Å². The van der Waals surface area contributed by atoms with Crippen LogP contribution in [0.3, 0.4) is 0 Å². The van der Waals surface area contributed by atoms with Crippen LogP contribution in [0.1, 0.15) is 6.42 Å². The van der Waals surface area contributed by atoms with Crippen molar-refractivity contribution < 1.29 is 19.1 Å². The van der Waals surface area contributed by atoms with E-state index in [-0.39, 0.29) is 31.0 Å². The predicted molar refractivity (Wildman–Crippen MR) is 97.3 cm³/mol. The molecular weight excluding hydrogens is 354 g/mol. The quantitative estimate of drug-likeness (QED) is 0.657. The largest absolute Gasteiger partial charge is 0.493 e. The highest BCUT2D eigenvalue weighted by molar-refractivity contribution is 7.99. The van der Waals surface area contributed by atoms with Crippen LogP contribution >= 0.6 is 24.2 Å². The Kier molecular flexibility index (Phi) is 8.73. The highest BCUT2D eigenvalue weighted by Crippen LogP contribution is 2.30. The zero-order chi connectivity index (χ0) is 16.7. The molecule has 0 radical (unpaired) electrons. The zero-order valence-electron chi connectivity index (χ0n) is 13.4. The number of primary amides is 1. The van der Waals surface area contributed by atoms with Crippen molar-refractivity contribution in [2.24, 2.45) is 5.73 Å². The summed E-state index contributed by atoms with van der Waals surface area (Å²) in [5, 5.41) is 6.15. The average molecular weight is 376 g/mol. The van der Waals surface area contributed by atoms with Gasteiger partial charge in [-0.1, -0.05) is 0 Å². The van der Waals surface area contributed by atoms with Crippen LogP contribution < -0.4 is 25.8 Å². The summed E-state index contributed by atoms with van der Waals surface area (Å²) in [4.78, 5) is 22.9. The molecule has 1 aromatic rings. The van der Waals surface area contributed by atoms with Crippen LogP contribution in [0.4, 0.5) is 5.69 Å². The van der Waals surface area contributed by atoms with Gasteiger partial charge < -0.3 is 25.8 Å². The summed E-state index contributed by atoms with van der Waals surface area (Å²) in [7, 11) is 1.50. The fourth-order valence-electron chi connectivity index (χ4n) is 2.20. The Morgan fingerprint density at radius 3 is 2.83 bits per heavy atom. The molecule has 1 aliphatic rings. The molecule has 1 saturated heterocycles. The summed E-state index contributed by atoms with van der Waals surface area (Å²) in [6.45, 7) is 0.674. The van der Waals surface area contributed by atoms with Crippen LogP contribution in [0.5, 0.6) is 11.5 Å². The first-order valence-corrected chi connectivity index (χ1v) is 8.44. The fraction of sp³-hybridized carbons (Fsp3) is 0.467. The molecule has 1 heterocycles. The van der Waals surface area contributed by atoms with E-state index < -0.39 is 5.91 Å². The van der Waals surface area contributed by atoms with Crippen molar-refractivity contribution in [3.63, 3.8) is 0 Å². The molecule has 1 fully saturated rings. The lowest BCUT2D eigenvalue weighted by Crippen LogP contribution is -2.39. The van der Waals surface area contributed by atoms with Gasteiger partial charge >= 0.3 is 0 Å². The number of methoxy groups -OCH3 is 1. The van der Waals surface area contributed by atoms with E-state index in [9.17, 15) is 9.59 Å². The third kappa shape index (κ3) is 6.46. The van der Waals surface area contributed by atoms with Gasteiger partial charge in [-0.3, -0.25) is 9.59 Å². The number of hydrogen-bond acceptors (Lipinski definition) is 6. The molecule has 1 atom stereocenters. The van der Waals surface area contributed by atoms with E-state index >= 15 is 0 Å². The lowest BCUT2D eigenvalue weighted by atomic mass is 10.2. The van der Waals surface area contributed by atoms with Crippen molar-refractivity contribution in [2.75, 3.05) is 37.1 Å². The Labute approximate surface area is 151 Å². The maximum atomic E-state index is 12.1. The summed E-state index contributed by atoms with van der Waals surface area (Å²) >= 11 is 1.85. The Morgan fingerprint density at radius 2 is 2.21 bits per heavy atom. The van der Waals surface area contributed by atoms with Crippen LogP contribution in [0.2, 0.25) is 0 Å². The van der Waals surface area contributed by atoms with E-state index in [4.69, 9.17) is 15.2 Å². The molecular formula is C15H22ClN3O4S. The molecule has 7 nitrogen and oxygen atoms in total. The minimum Gasteiger partial charge on any atom is -0.493 e. The molecule has 0 aliphatic carbocycles. The molecule has 1 aromatic carbocycles. The predicted octanol–water partition coefficient (Wildman–Crippen LogP) is 1.01. The molecule has 4 N–H and O–H groups in total. The number of amides is 2. The summed E-state index contributed by atoms with van der Waals surface area (Å²) in [6, 6.07) is 5.19. The van der Waals surface area contributed by atoms with E-state index in [1.165, 1.54) is 7.11 Å². The van der Waals surface area contributed by atoms with E-state index in [2.05, 4.69) is 10.6 Å². The molecule has 2 rings (SSSR count). The van der Waals surface area contributed by atoms with Gasteiger partial charge in [-0.05, 0) is 12.1 Å². The lowest BCUT2D eigenvalue weighted by molar-refractivity contribution is -0.120. The van der Waals surface area contributed by atoms with E-state index in [1.807, 2.05) is 11.8 Å². The minimum absolute atomic E-state index is 0. The number of nitrogens with one attached hydrogen (secondary N) is 2. The monoisotopic (exact) mass is 375 g/mol. The van der Waals surface area contributed by atoms with Crippen molar-refractivity contribution in [1.29, 1.82) is 0 Å². The molecule has 2 amide bonds. The number of thioether (sulfide) groups is 1. The van der Waals surface area contributed by atoms with Gasteiger partial charge in [-0.15, -0.1) is 12.4 Å². The number of hydrogen-bond donors (Lipinski definition) is 3. The van der Waals surface area contributed by atoms with E-state index in [0.29, 0.717) is 23.6 Å². The highest BCUT2D eigenvalue weighted by Gasteiger charge is 2.17. The summed E-state index contributed by atoms with van der Waals surface area (Å²) in [6.07, 6.45) is 0.413. The highest BCUT2D eigenvalue weighted by atomic mass is 35.5. The number of halogens is 1. The molecule has 1 unspecified atom stereocenters. The molecule has 9 heteroatoms. The number of carbonyl (C=O) groups is 2. The minimum atomic E-state index is -0.581. The number of benzene rings is 1. The number of carbonyl (C=O) groups excluding carboxylic acids is 2. The van der Waals surface area contributed by atoms with Crippen LogP contribution in [0.15, 0.2) is 18.2 Å². The normalized spacial score (nSPS) is 16.6. The van der Waals surface area contributed by atoms with E-state index in [1.54, 1.807) is 18.2 Å². The Bertz CT molecular complexity index is 568. The van der Waals surface area contributed by atoms with Crippen molar-refractivity contribution in [1.82, 2.24) is 5.32 Å². The van der Waals surface area contributed by atoms with Crippen LogP contribution in [0, 0.1) is 0 Å². The van der Waals surface area contributed by atoms with Gasteiger partial charge in [0.05, 0.1) is 7.11 Å². The smallest absolute Gasteiger partial charge is 0.255 e.